The van der Waals surface area contributed by atoms with Crippen molar-refractivity contribution in [3.63, 3.8) is 0 Å². The zero-order valence-corrected chi connectivity index (χ0v) is 30.8. The molecule has 3 aromatic rings. The lowest BCUT2D eigenvalue weighted by Crippen LogP contribution is -2.57. The number of amides is 3. The summed E-state index contributed by atoms with van der Waals surface area (Å²) < 4.78 is 11.2. The van der Waals surface area contributed by atoms with Crippen molar-refractivity contribution in [1.29, 1.82) is 0 Å². The number of rotatable bonds is 13. The molecule has 3 unspecified atom stereocenters. The van der Waals surface area contributed by atoms with E-state index in [-0.39, 0.29) is 18.6 Å². The summed E-state index contributed by atoms with van der Waals surface area (Å²) >= 11 is 0. The minimum absolute atomic E-state index is 0.0548. The summed E-state index contributed by atoms with van der Waals surface area (Å²) in [7, 11) is 0. The Bertz CT molecular complexity index is 1570. The van der Waals surface area contributed by atoms with Crippen LogP contribution in [0.15, 0.2) is 78.9 Å². The summed E-state index contributed by atoms with van der Waals surface area (Å²) in [5.41, 5.74) is 1.43. The van der Waals surface area contributed by atoms with E-state index in [0.717, 1.165) is 17.5 Å². The Kier molecular flexibility index (Phi) is 13.6. The minimum Gasteiger partial charge on any atom is -0.508 e. The topological polar surface area (TPSA) is 134 Å². The van der Waals surface area contributed by atoms with Crippen molar-refractivity contribution < 1.29 is 33.8 Å². The number of phenols is 1. The van der Waals surface area contributed by atoms with Gasteiger partial charge in [0.25, 0.3) is 0 Å². The Hall–Kier alpha value is -4.86. The maximum atomic E-state index is 14.7. The van der Waals surface area contributed by atoms with Gasteiger partial charge in [0.15, 0.2) is 0 Å². The minimum atomic E-state index is -1.18. The quantitative estimate of drug-likeness (QED) is 0.176. The van der Waals surface area contributed by atoms with E-state index >= 15 is 0 Å². The highest BCUT2D eigenvalue weighted by Gasteiger charge is 2.39. The molecular formula is C40H53N3O7. The predicted octanol–water partition coefficient (Wildman–Crippen LogP) is 6.44. The highest BCUT2D eigenvalue weighted by molar-refractivity contribution is 5.94. The molecule has 3 amide bonds. The molecule has 3 N–H and O–H groups in total. The maximum absolute atomic E-state index is 14.7. The number of hydrogen-bond acceptors (Lipinski definition) is 7. The Morgan fingerprint density at radius 1 is 0.700 bits per heavy atom. The van der Waals surface area contributed by atoms with Crippen LogP contribution >= 0.6 is 0 Å². The van der Waals surface area contributed by atoms with Crippen LogP contribution in [0.25, 0.3) is 0 Å². The number of phenolic OH excluding ortho intramolecular Hbond substituents is 1. The van der Waals surface area contributed by atoms with Crippen LogP contribution < -0.4 is 10.6 Å². The number of nitrogens with zero attached hydrogens (tertiary/aromatic N) is 1. The van der Waals surface area contributed by atoms with Crippen molar-refractivity contribution in [2.24, 2.45) is 0 Å². The van der Waals surface area contributed by atoms with Gasteiger partial charge in [0, 0.05) is 18.9 Å². The third kappa shape index (κ3) is 12.2. The SMILES string of the molecule is CCc1ccc(C(C(=O)NC(Cc2ccccc2)C(=O)OC(C)(C)C)N(C(=O)C(Cc2ccc(O)cc2)NC(=O)OC(C)(C)C)C(C)C)cc1. The highest BCUT2D eigenvalue weighted by atomic mass is 16.6. The van der Waals surface area contributed by atoms with Crippen LogP contribution in [0.1, 0.15) is 90.6 Å². The molecule has 0 radical (unpaired) electrons. The molecule has 0 fully saturated rings. The van der Waals surface area contributed by atoms with E-state index in [0.29, 0.717) is 11.1 Å². The second-order valence-electron chi connectivity index (χ2n) is 14.7. The first-order valence-electron chi connectivity index (χ1n) is 17.1. The third-order valence-corrected chi connectivity index (χ3v) is 7.70. The van der Waals surface area contributed by atoms with Gasteiger partial charge in [-0.15, -0.1) is 0 Å². The fraction of sp³-hybridized carbons (Fsp3) is 0.450. The van der Waals surface area contributed by atoms with Crippen LogP contribution in [0.4, 0.5) is 4.79 Å². The van der Waals surface area contributed by atoms with Gasteiger partial charge in [-0.05, 0) is 96.2 Å². The Morgan fingerprint density at radius 3 is 1.74 bits per heavy atom. The molecule has 10 nitrogen and oxygen atoms in total. The van der Waals surface area contributed by atoms with E-state index in [4.69, 9.17) is 9.47 Å². The Morgan fingerprint density at radius 2 is 1.22 bits per heavy atom. The fourth-order valence-corrected chi connectivity index (χ4v) is 5.42. The monoisotopic (exact) mass is 687 g/mol. The normalized spacial score (nSPS) is 13.5. The summed E-state index contributed by atoms with van der Waals surface area (Å²) in [6.07, 6.45) is 0.206. The molecule has 0 spiro atoms. The second-order valence-corrected chi connectivity index (χ2v) is 14.7. The molecule has 270 valence electrons. The molecule has 3 aromatic carbocycles. The molecule has 0 aliphatic heterocycles. The number of hydrogen-bond donors (Lipinski definition) is 3. The van der Waals surface area contributed by atoms with E-state index < -0.39 is 59.2 Å². The molecule has 10 heteroatoms. The van der Waals surface area contributed by atoms with E-state index in [2.05, 4.69) is 10.6 Å². The molecule has 0 aliphatic carbocycles. The van der Waals surface area contributed by atoms with Crippen molar-refractivity contribution in [2.75, 3.05) is 0 Å². The molecule has 0 saturated heterocycles. The summed E-state index contributed by atoms with van der Waals surface area (Å²) in [4.78, 5) is 57.4. The van der Waals surface area contributed by atoms with Crippen LogP contribution in [0.5, 0.6) is 5.75 Å². The summed E-state index contributed by atoms with van der Waals surface area (Å²) in [6.45, 7) is 16.1. The van der Waals surface area contributed by atoms with Crippen LogP contribution in [0.2, 0.25) is 0 Å². The fourth-order valence-electron chi connectivity index (χ4n) is 5.42. The Labute approximate surface area is 296 Å². The first-order chi connectivity index (χ1) is 23.4. The van der Waals surface area contributed by atoms with Gasteiger partial charge in [0.05, 0.1) is 0 Å². The zero-order chi connectivity index (χ0) is 37.2. The average Bonchev–Trinajstić information content (AvgIpc) is 3.02. The maximum Gasteiger partial charge on any atom is 0.408 e. The van der Waals surface area contributed by atoms with Crippen molar-refractivity contribution in [3.8, 4) is 5.75 Å². The lowest BCUT2D eigenvalue weighted by Gasteiger charge is -2.38. The van der Waals surface area contributed by atoms with Gasteiger partial charge in [0.2, 0.25) is 11.8 Å². The van der Waals surface area contributed by atoms with E-state index in [9.17, 15) is 24.3 Å². The molecule has 3 rings (SSSR count). The van der Waals surface area contributed by atoms with Crippen LogP contribution in [-0.4, -0.2) is 63.2 Å². The van der Waals surface area contributed by atoms with E-state index in [1.807, 2.05) is 61.5 Å². The molecule has 0 bridgehead atoms. The van der Waals surface area contributed by atoms with Gasteiger partial charge < -0.3 is 30.1 Å². The van der Waals surface area contributed by atoms with Crippen molar-refractivity contribution >= 4 is 23.9 Å². The van der Waals surface area contributed by atoms with Gasteiger partial charge in [-0.3, -0.25) is 9.59 Å². The molecule has 0 aromatic heterocycles. The number of aryl methyl sites for hydroxylation is 1. The number of aromatic hydroxyl groups is 1. The third-order valence-electron chi connectivity index (χ3n) is 7.70. The van der Waals surface area contributed by atoms with Gasteiger partial charge >= 0.3 is 12.1 Å². The number of carbonyl (C=O) groups excluding carboxylic acids is 4. The average molecular weight is 688 g/mol. The zero-order valence-electron chi connectivity index (χ0n) is 30.8. The summed E-state index contributed by atoms with van der Waals surface area (Å²) in [5, 5.41) is 15.5. The van der Waals surface area contributed by atoms with Crippen molar-refractivity contribution in [1.82, 2.24) is 15.5 Å². The second kappa shape index (κ2) is 17.2. The van der Waals surface area contributed by atoms with Gasteiger partial charge in [-0.2, -0.15) is 0 Å². The lowest BCUT2D eigenvalue weighted by molar-refractivity contribution is -0.159. The van der Waals surface area contributed by atoms with Crippen LogP contribution in [0.3, 0.4) is 0 Å². The number of esters is 1. The van der Waals surface area contributed by atoms with Gasteiger partial charge in [-0.1, -0.05) is 73.7 Å². The molecule has 50 heavy (non-hydrogen) atoms. The standard InChI is InChI=1S/C40H53N3O7/c1-10-27-16-20-30(21-17-27)34(35(45)41-33(37(47)49-39(4,5)6)25-28-14-12-11-13-15-28)43(26(2)3)36(46)32(42-38(48)50-40(7,8)9)24-29-18-22-31(44)23-19-29/h11-23,26,32-34,44H,10,24-25H2,1-9H3,(H,41,45)(H,42,48). The first kappa shape index (κ1) is 39.6. The number of alkyl carbamates (subject to hydrolysis) is 1. The molecular weight excluding hydrogens is 634 g/mol. The number of benzene rings is 3. The molecule has 0 aliphatic rings. The summed E-state index contributed by atoms with van der Waals surface area (Å²) in [6, 6.07) is 19.1. The lowest BCUT2D eigenvalue weighted by atomic mass is 9.97. The molecule has 0 saturated carbocycles. The van der Waals surface area contributed by atoms with Crippen LogP contribution in [0, 0.1) is 0 Å². The Balaban J connectivity index is 2.10. The first-order valence-corrected chi connectivity index (χ1v) is 17.1. The predicted molar refractivity (Wildman–Crippen MR) is 193 cm³/mol. The largest absolute Gasteiger partial charge is 0.508 e. The van der Waals surface area contributed by atoms with Crippen molar-refractivity contribution in [3.05, 3.63) is 101 Å². The van der Waals surface area contributed by atoms with Crippen molar-refractivity contribution in [2.45, 2.75) is 117 Å². The summed E-state index contributed by atoms with van der Waals surface area (Å²) in [5.74, 6) is -1.66. The molecule has 0 heterocycles. The van der Waals surface area contributed by atoms with E-state index in [1.54, 1.807) is 67.5 Å². The van der Waals surface area contributed by atoms with Crippen LogP contribution in [-0.2, 0) is 43.1 Å². The molecule has 3 atom stereocenters. The number of nitrogens with one attached hydrogen (secondary N) is 2. The highest BCUT2D eigenvalue weighted by Crippen LogP contribution is 2.27. The van der Waals surface area contributed by atoms with Gasteiger partial charge in [-0.25, -0.2) is 9.59 Å². The van der Waals surface area contributed by atoms with Gasteiger partial charge in [0.1, 0.15) is 35.1 Å². The number of ether oxygens (including phenoxy) is 2. The number of carbonyl (C=O) groups is 4. The van der Waals surface area contributed by atoms with E-state index in [1.165, 1.54) is 17.0 Å². The smallest absolute Gasteiger partial charge is 0.408 e.